The van der Waals surface area contributed by atoms with Crippen molar-refractivity contribution in [1.29, 1.82) is 0 Å². The van der Waals surface area contributed by atoms with E-state index in [1.165, 1.54) is 12.4 Å². The molecular weight excluding hydrogens is 394 g/mol. The van der Waals surface area contributed by atoms with Gasteiger partial charge in [-0.3, -0.25) is 10.1 Å². The maximum atomic E-state index is 11.0. The number of nitrogens with two attached hydrogens (primary N) is 1. The number of aliphatic hydroxyl groups excluding tert-OH is 2. The average molecular weight is 417 g/mol. The topological polar surface area (TPSA) is 166 Å². The Morgan fingerprint density at radius 1 is 1.37 bits per heavy atom. The largest absolute Gasteiger partial charge is 0.471 e. The molecule has 0 unspecified atom stereocenters. The zero-order valence-electron chi connectivity index (χ0n) is 16.5. The number of aryl methyl sites for hydroxylation is 1. The lowest BCUT2D eigenvalue weighted by Gasteiger charge is -2.16. The molecule has 4 atom stereocenters. The fraction of sp³-hybridized carbons (Fsp3) is 0.421. The first kappa shape index (κ1) is 21.6. The highest BCUT2D eigenvalue weighted by atomic mass is 16.6. The normalized spacial score (nSPS) is 23.7. The van der Waals surface area contributed by atoms with Crippen molar-refractivity contribution in [3.8, 4) is 5.88 Å². The molecule has 0 spiro atoms. The molecule has 1 saturated heterocycles. The Balaban J connectivity index is 1.79. The molecular formula is C19H23N5O6. The molecule has 0 amide bonds. The molecule has 0 saturated carbocycles. The summed E-state index contributed by atoms with van der Waals surface area (Å²) in [5.74, 6) is 0.166. The fourth-order valence-corrected chi connectivity index (χ4v) is 3.31. The van der Waals surface area contributed by atoms with Gasteiger partial charge in [-0.25, -0.2) is 9.98 Å². The van der Waals surface area contributed by atoms with Gasteiger partial charge in [0.1, 0.15) is 30.8 Å². The second-order valence-corrected chi connectivity index (χ2v) is 6.98. The summed E-state index contributed by atoms with van der Waals surface area (Å²) in [5.41, 5.74) is 7.44. The predicted octanol–water partition coefficient (Wildman–Crippen LogP) is 0.942. The van der Waals surface area contributed by atoms with Crippen molar-refractivity contribution in [2.24, 2.45) is 10.7 Å². The van der Waals surface area contributed by atoms with E-state index >= 15 is 0 Å². The lowest BCUT2D eigenvalue weighted by atomic mass is 10.0. The van der Waals surface area contributed by atoms with Crippen LogP contribution in [0.3, 0.4) is 0 Å². The summed E-state index contributed by atoms with van der Waals surface area (Å²) in [5, 5.41) is 31.0. The SMILES string of the molecule is Cc1cc(COc2ncnc(C[C@@H]3O[C@H](C)[C@@H](O)[C@H]3O)c2N=CN)ccc1[N+](=O)[O-]. The van der Waals surface area contributed by atoms with E-state index in [0.29, 0.717) is 16.8 Å². The maximum absolute atomic E-state index is 11.0. The summed E-state index contributed by atoms with van der Waals surface area (Å²) in [6.07, 6.45) is -0.672. The minimum absolute atomic E-state index is 0.0306. The van der Waals surface area contributed by atoms with E-state index in [-0.39, 0.29) is 30.3 Å². The number of hydrogen-bond acceptors (Lipinski definition) is 9. The van der Waals surface area contributed by atoms with Crippen LogP contribution < -0.4 is 10.5 Å². The number of aliphatic imine (C=N–C) groups is 1. The van der Waals surface area contributed by atoms with Crippen LogP contribution in [0, 0.1) is 17.0 Å². The molecule has 1 aromatic heterocycles. The van der Waals surface area contributed by atoms with Crippen molar-refractivity contribution in [1.82, 2.24) is 9.97 Å². The van der Waals surface area contributed by atoms with Crippen LogP contribution >= 0.6 is 0 Å². The number of ether oxygens (including phenoxy) is 2. The number of rotatable bonds is 7. The number of hydrogen-bond donors (Lipinski definition) is 3. The van der Waals surface area contributed by atoms with Gasteiger partial charge in [0, 0.05) is 18.1 Å². The molecule has 1 aromatic carbocycles. The van der Waals surface area contributed by atoms with Crippen molar-refractivity contribution >= 4 is 17.7 Å². The molecule has 1 aliphatic rings. The molecule has 160 valence electrons. The zero-order valence-corrected chi connectivity index (χ0v) is 16.5. The van der Waals surface area contributed by atoms with Crippen LogP contribution in [0.2, 0.25) is 0 Å². The number of nitrogens with zero attached hydrogens (tertiary/aromatic N) is 4. The van der Waals surface area contributed by atoms with Crippen LogP contribution in [-0.4, -0.2) is 55.9 Å². The molecule has 11 nitrogen and oxygen atoms in total. The van der Waals surface area contributed by atoms with Crippen molar-refractivity contribution in [2.75, 3.05) is 0 Å². The second kappa shape index (κ2) is 9.11. The molecule has 2 heterocycles. The maximum Gasteiger partial charge on any atom is 0.272 e. The summed E-state index contributed by atoms with van der Waals surface area (Å²) < 4.78 is 11.4. The molecule has 4 N–H and O–H groups in total. The van der Waals surface area contributed by atoms with E-state index in [1.54, 1.807) is 26.0 Å². The van der Waals surface area contributed by atoms with Gasteiger partial charge in [-0.05, 0) is 31.5 Å². The van der Waals surface area contributed by atoms with Crippen molar-refractivity contribution < 1.29 is 24.6 Å². The average Bonchev–Trinajstić information content (AvgIpc) is 2.94. The van der Waals surface area contributed by atoms with E-state index in [2.05, 4.69) is 15.0 Å². The van der Waals surface area contributed by atoms with E-state index in [9.17, 15) is 20.3 Å². The molecule has 0 bridgehead atoms. The minimum Gasteiger partial charge on any atom is -0.471 e. The van der Waals surface area contributed by atoms with Gasteiger partial charge in [0.15, 0.2) is 0 Å². The number of benzene rings is 1. The smallest absolute Gasteiger partial charge is 0.272 e. The van der Waals surface area contributed by atoms with Gasteiger partial charge >= 0.3 is 0 Å². The monoisotopic (exact) mass is 417 g/mol. The van der Waals surface area contributed by atoms with Crippen LogP contribution in [0.1, 0.15) is 23.7 Å². The van der Waals surface area contributed by atoms with Crippen LogP contribution in [0.5, 0.6) is 5.88 Å². The van der Waals surface area contributed by atoms with E-state index < -0.39 is 29.3 Å². The first-order chi connectivity index (χ1) is 14.3. The quantitative estimate of drug-likeness (QED) is 0.257. The first-order valence-corrected chi connectivity index (χ1v) is 9.28. The first-order valence-electron chi connectivity index (χ1n) is 9.28. The third kappa shape index (κ3) is 4.53. The van der Waals surface area contributed by atoms with Gasteiger partial charge < -0.3 is 25.4 Å². The van der Waals surface area contributed by atoms with Gasteiger partial charge in [-0.2, -0.15) is 4.98 Å². The van der Waals surface area contributed by atoms with E-state index in [1.807, 2.05) is 0 Å². The predicted molar refractivity (Wildman–Crippen MR) is 107 cm³/mol. The molecule has 3 rings (SSSR count). The van der Waals surface area contributed by atoms with Crippen LogP contribution in [0.15, 0.2) is 29.5 Å². The highest BCUT2D eigenvalue weighted by molar-refractivity contribution is 5.63. The molecule has 30 heavy (non-hydrogen) atoms. The van der Waals surface area contributed by atoms with E-state index in [0.717, 1.165) is 6.34 Å². The number of nitro groups is 1. The van der Waals surface area contributed by atoms with Gasteiger partial charge in [0.25, 0.3) is 5.69 Å². The van der Waals surface area contributed by atoms with Crippen molar-refractivity contribution in [2.45, 2.75) is 51.3 Å². The Morgan fingerprint density at radius 3 is 2.73 bits per heavy atom. The van der Waals surface area contributed by atoms with Crippen LogP contribution in [0.25, 0.3) is 0 Å². The highest BCUT2D eigenvalue weighted by Crippen LogP contribution is 2.32. The fourth-order valence-electron chi connectivity index (χ4n) is 3.31. The number of nitro benzene ring substituents is 1. The zero-order chi connectivity index (χ0) is 21.8. The second-order valence-electron chi connectivity index (χ2n) is 6.98. The minimum atomic E-state index is -1.06. The van der Waals surface area contributed by atoms with Crippen LogP contribution in [0.4, 0.5) is 11.4 Å². The summed E-state index contributed by atoms with van der Waals surface area (Å²) in [7, 11) is 0. The summed E-state index contributed by atoms with van der Waals surface area (Å²) in [6.45, 7) is 3.42. The molecule has 2 aromatic rings. The lowest BCUT2D eigenvalue weighted by Crippen LogP contribution is -2.32. The summed E-state index contributed by atoms with van der Waals surface area (Å²) in [6, 6.07) is 4.69. The standard InChI is InChI=1S/C19H23N5O6/c1-10-5-12(3-4-14(10)24(27)28)7-29-19-16(21-8-20)13(22-9-23-19)6-15-18(26)17(25)11(2)30-15/h3-5,8-9,11,15,17-18,25-26H,6-7H2,1-2H3,(H2,20,21)/t11-,15+,17-,18+/m1/s1. The number of aromatic nitrogens is 2. The molecule has 0 radical (unpaired) electrons. The van der Waals surface area contributed by atoms with Crippen molar-refractivity contribution in [3.05, 3.63) is 51.5 Å². The Labute approximate surface area is 172 Å². The molecule has 1 aliphatic heterocycles. The van der Waals surface area contributed by atoms with Gasteiger partial charge in [0.2, 0.25) is 5.88 Å². The van der Waals surface area contributed by atoms with Gasteiger partial charge in [0.05, 0.1) is 29.2 Å². The Kier molecular flexibility index (Phi) is 6.55. The summed E-state index contributed by atoms with van der Waals surface area (Å²) >= 11 is 0. The Morgan fingerprint density at radius 2 is 2.13 bits per heavy atom. The van der Waals surface area contributed by atoms with Gasteiger partial charge in [-0.15, -0.1) is 0 Å². The van der Waals surface area contributed by atoms with Crippen molar-refractivity contribution in [3.63, 3.8) is 0 Å². The van der Waals surface area contributed by atoms with E-state index in [4.69, 9.17) is 15.2 Å². The highest BCUT2D eigenvalue weighted by Gasteiger charge is 2.40. The lowest BCUT2D eigenvalue weighted by molar-refractivity contribution is -0.385. The number of aliphatic hydroxyl groups is 2. The molecule has 11 heteroatoms. The molecule has 0 aliphatic carbocycles. The summed E-state index contributed by atoms with van der Waals surface area (Å²) in [4.78, 5) is 22.9. The van der Waals surface area contributed by atoms with Gasteiger partial charge in [-0.1, -0.05) is 0 Å². The third-order valence-corrected chi connectivity index (χ3v) is 4.90. The third-order valence-electron chi connectivity index (χ3n) is 4.90. The molecule has 1 fully saturated rings. The van der Waals surface area contributed by atoms with Crippen LogP contribution in [-0.2, 0) is 17.8 Å². The Hall–Kier alpha value is -3.15. The Bertz CT molecular complexity index is 953.